The zero-order chi connectivity index (χ0) is 18.5. The molecule has 0 atom stereocenters. The van der Waals surface area contributed by atoms with Gasteiger partial charge in [-0.05, 0) is 49.7 Å². The number of rotatable bonds is 5. The van der Waals surface area contributed by atoms with E-state index < -0.39 is 0 Å². The van der Waals surface area contributed by atoms with E-state index in [2.05, 4.69) is 33.3 Å². The monoisotopic (exact) mass is 365 g/mol. The third kappa shape index (κ3) is 4.87. The van der Waals surface area contributed by atoms with Crippen molar-refractivity contribution in [1.29, 1.82) is 0 Å². The SMILES string of the molecule is O=C(CN1CCOc2ccccc2C1)Nc1cccc(CN2CCCC2)c1. The fourth-order valence-electron chi connectivity index (χ4n) is 3.86. The van der Waals surface area contributed by atoms with E-state index in [-0.39, 0.29) is 5.91 Å². The molecule has 0 aromatic heterocycles. The maximum absolute atomic E-state index is 12.6. The molecule has 1 amide bonds. The molecule has 5 nitrogen and oxygen atoms in total. The fraction of sp³-hybridized carbons (Fsp3) is 0.409. The first-order valence-electron chi connectivity index (χ1n) is 9.80. The number of ether oxygens (including phenoxy) is 1. The van der Waals surface area contributed by atoms with E-state index in [1.807, 2.05) is 30.3 Å². The Hall–Kier alpha value is -2.37. The van der Waals surface area contributed by atoms with E-state index in [1.165, 1.54) is 31.5 Å². The number of hydrogen-bond donors (Lipinski definition) is 1. The van der Waals surface area contributed by atoms with Gasteiger partial charge in [-0.3, -0.25) is 14.6 Å². The van der Waals surface area contributed by atoms with Crippen molar-refractivity contribution in [2.75, 3.05) is 38.1 Å². The number of nitrogens with zero attached hydrogens (tertiary/aromatic N) is 2. The van der Waals surface area contributed by atoms with Crippen LogP contribution in [0.2, 0.25) is 0 Å². The minimum Gasteiger partial charge on any atom is -0.492 e. The maximum atomic E-state index is 12.6. The average molecular weight is 365 g/mol. The van der Waals surface area contributed by atoms with Crippen molar-refractivity contribution in [3.05, 3.63) is 59.7 Å². The molecule has 142 valence electrons. The lowest BCUT2D eigenvalue weighted by atomic mass is 10.2. The highest BCUT2D eigenvalue weighted by atomic mass is 16.5. The highest BCUT2D eigenvalue weighted by Gasteiger charge is 2.17. The summed E-state index contributed by atoms with van der Waals surface area (Å²) in [4.78, 5) is 17.2. The second-order valence-corrected chi connectivity index (χ2v) is 7.40. The van der Waals surface area contributed by atoms with Crippen LogP contribution < -0.4 is 10.1 Å². The first kappa shape index (κ1) is 18.0. The molecular formula is C22H27N3O2. The van der Waals surface area contributed by atoms with Crippen LogP contribution >= 0.6 is 0 Å². The summed E-state index contributed by atoms with van der Waals surface area (Å²) < 4.78 is 5.78. The molecule has 2 aromatic carbocycles. The first-order chi connectivity index (χ1) is 13.3. The summed E-state index contributed by atoms with van der Waals surface area (Å²) in [6.45, 7) is 5.77. The average Bonchev–Trinajstić information content (AvgIpc) is 3.07. The molecule has 0 unspecified atom stereocenters. The number of carbonyl (C=O) groups excluding carboxylic acids is 1. The third-order valence-electron chi connectivity index (χ3n) is 5.21. The molecule has 5 heteroatoms. The van der Waals surface area contributed by atoms with E-state index in [4.69, 9.17) is 4.74 Å². The molecule has 0 radical (unpaired) electrons. The lowest BCUT2D eigenvalue weighted by Gasteiger charge is -2.19. The van der Waals surface area contributed by atoms with E-state index in [1.54, 1.807) is 0 Å². The lowest BCUT2D eigenvalue weighted by molar-refractivity contribution is -0.117. The molecule has 1 N–H and O–H groups in total. The Labute approximate surface area is 160 Å². The Morgan fingerprint density at radius 3 is 2.74 bits per heavy atom. The number of hydrogen-bond acceptors (Lipinski definition) is 4. The van der Waals surface area contributed by atoms with E-state index in [0.717, 1.165) is 36.6 Å². The van der Waals surface area contributed by atoms with Crippen LogP contribution in [0.25, 0.3) is 0 Å². The van der Waals surface area contributed by atoms with Crippen LogP contribution in [0, 0.1) is 0 Å². The van der Waals surface area contributed by atoms with Crippen LogP contribution in [0.5, 0.6) is 5.75 Å². The van der Waals surface area contributed by atoms with E-state index in [9.17, 15) is 4.79 Å². The Morgan fingerprint density at radius 1 is 1.00 bits per heavy atom. The van der Waals surface area contributed by atoms with Gasteiger partial charge < -0.3 is 10.1 Å². The summed E-state index contributed by atoms with van der Waals surface area (Å²) in [5, 5.41) is 3.06. The summed E-state index contributed by atoms with van der Waals surface area (Å²) >= 11 is 0. The predicted octanol–water partition coefficient (Wildman–Crippen LogP) is 3.12. The van der Waals surface area contributed by atoms with Crippen LogP contribution in [0.4, 0.5) is 5.69 Å². The molecule has 1 fully saturated rings. The van der Waals surface area contributed by atoms with Crippen LogP contribution in [0.3, 0.4) is 0 Å². The highest BCUT2D eigenvalue weighted by Crippen LogP contribution is 2.22. The van der Waals surface area contributed by atoms with Gasteiger partial charge in [-0.1, -0.05) is 30.3 Å². The first-order valence-corrected chi connectivity index (χ1v) is 9.80. The third-order valence-corrected chi connectivity index (χ3v) is 5.21. The number of nitrogens with one attached hydrogen (secondary N) is 1. The van der Waals surface area contributed by atoms with Crippen molar-refractivity contribution in [2.45, 2.75) is 25.9 Å². The predicted molar refractivity (Wildman–Crippen MR) is 107 cm³/mol. The van der Waals surface area contributed by atoms with Gasteiger partial charge in [-0.2, -0.15) is 0 Å². The van der Waals surface area contributed by atoms with Gasteiger partial charge in [0.15, 0.2) is 0 Å². The quantitative estimate of drug-likeness (QED) is 0.884. The molecular weight excluding hydrogens is 338 g/mol. The fourth-order valence-corrected chi connectivity index (χ4v) is 3.86. The van der Waals surface area contributed by atoms with Crippen molar-refractivity contribution in [3.63, 3.8) is 0 Å². The van der Waals surface area contributed by atoms with Crippen LogP contribution in [-0.4, -0.2) is 48.5 Å². The minimum absolute atomic E-state index is 0.0210. The molecule has 2 aliphatic heterocycles. The molecule has 2 aliphatic rings. The second kappa shape index (κ2) is 8.55. The number of likely N-dealkylation sites (tertiary alicyclic amines) is 1. The van der Waals surface area contributed by atoms with Crippen LogP contribution in [-0.2, 0) is 17.9 Å². The molecule has 0 bridgehead atoms. The molecule has 0 spiro atoms. The van der Waals surface area contributed by atoms with Gasteiger partial charge >= 0.3 is 0 Å². The number of fused-ring (bicyclic) bond motifs is 1. The Balaban J connectivity index is 1.34. The largest absolute Gasteiger partial charge is 0.492 e. The van der Waals surface area contributed by atoms with Gasteiger partial charge in [0, 0.05) is 30.9 Å². The van der Waals surface area contributed by atoms with Crippen molar-refractivity contribution in [2.24, 2.45) is 0 Å². The number of para-hydroxylation sites is 1. The second-order valence-electron chi connectivity index (χ2n) is 7.40. The van der Waals surface area contributed by atoms with Crippen molar-refractivity contribution < 1.29 is 9.53 Å². The molecule has 4 rings (SSSR count). The molecule has 2 aromatic rings. The van der Waals surface area contributed by atoms with Crippen molar-refractivity contribution in [1.82, 2.24) is 9.80 Å². The van der Waals surface area contributed by atoms with Crippen molar-refractivity contribution in [3.8, 4) is 5.75 Å². The number of carbonyl (C=O) groups is 1. The van der Waals surface area contributed by atoms with Crippen molar-refractivity contribution >= 4 is 11.6 Å². The van der Waals surface area contributed by atoms with E-state index >= 15 is 0 Å². The summed E-state index contributed by atoms with van der Waals surface area (Å²) in [6.07, 6.45) is 2.58. The summed E-state index contributed by atoms with van der Waals surface area (Å²) in [7, 11) is 0. The maximum Gasteiger partial charge on any atom is 0.238 e. The molecule has 1 saturated heterocycles. The van der Waals surface area contributed by atoms with E-state index in [0.29, 0.717) is 13.2 Å². The van der Waals surface area contributed by atoms with Crippen LogP contribution in [0.1, 0.15) is 24.0 Å². The topological polar surface area (TPSA) is 44.8 Å². The number of benzene rings is 2. The zero-order valence-corrected chi connectivity index (χ0v) is 15.7. The normalized spacial score (nSPS) is 17.8. The number of anilines is 1. The molecule has 0 aliphatic carbocycles. The van der Waals surface area contributed by atoms with Gasteiger partial charge in [0.1, 0.15) is 12.4 Å². The Kier molecular flexibility index (Phi) is 5.70. The highest BCUT2D eigenvalue weighted by molar-refractivity contribution is 5.92. The summed E-state index contributed by atoms with van der Waals surface area (Å²) in [6, 6.07) is 16.3. The van der Waals surface area contributed by atoms with Gasteiger partial charge in [0.05, 0.1) is 6.54 Å². The zero-order valence-electron chi connectivity index (χ0n) is 15.7. The smallest absolute Gasteiger partial charge is 0.238 e. The molecule has 2 heterocycles. The molecule has 27 heavy (non-hydrogen) atoms. The van der Waals surface area contributed by atoms with Gasteiger partial charge in [0.2, 0.25) is 5.91 Å². The van der Waals surface area contributed by atoms with Gasteiger partial charge in [-0.25, -0.2) is 0 Å². The van der Waals surface area contributed by atoms with Gasteiger partial charge in [-0.15, -0.1) is 0 Å². The number of amides is 1. The summed E-state index contributed by atoms with van der Waals surface area (Å²) in [5.74, 6) is 0.947. The van der Waals surface area contributed by atoms with Gasteiger partial charge in [0.25, 0.3) is 0 Å². The lowest BCUT2D eigenvalue weighted by Crippen LogP contribution is -2.34. The summed E-state index contributed by atoms with van der Waals surface area (Å²) in [5.41, 5.74) is 3.27. The minimum atomic E-state index is 0.0210. The van der Waals surface area contributed by atoms with Crippen LogP contribution in [0.15, 0.2) is 48.5 Å². The Morgan fingerprint density at radius 2 is 1.85 bits per heavy atom. The standard InChI is InChI=1S/C22H27N3O2/c26-22(17-25-12-13-27-21-9-2-1-7-19(21)16-25)23-20-8-5-6-18(14-20)15-24-10-3-4-11-24/h1-2,5-9,14H,3-4,10-13,15-17H2,(H,23,26). The Bertz CT molecular complexity index is 787. The molecule has 0 saturated carbocycles.